The fourth-order valence-electron chi connectivity index (χ4n) is 3.66. The number of piperidine rings is 1. The lowest BCUT2D eigenvalue weighted by atomic mass is 9.95. The topological polar surface area (TPSA) is 68.8 Å². The SMILES string of the molecule is O=C(CCn1cccn1)N1CCC(c2nnc3n2CCC3)CC1. The molecule has 7 nitrogen and oxygen atoms in total. The van der Waals surface area contributed by atoms with Crippen molar-refractivity contribution in [3.05, 3.63) is 30.1 Å². The van der Waals surface area contributed by atoms with Crippen LogP contribution in [0.1, 0.15) is 43.3 Å². The van der Waals surface area contributed by atoms with Crippen LogP contribution >= 0.6 is 0 Å². The van der Waals surface area contributed by atoms with Crippen molar-refractivity contribution in [3.8, 4) is 0 Å². The second-order valence-electron chi connectivity index (χ2n) is 6.40. The normalized spacial score (nSPS) is 18.3. The van der Waals surface area contributed by atoms with Gasteiger partial charge in [0.2, 0.25) is 5.91 Å². The second kappa shape index (κ2) is 6.14. The van der Waals surface area contributed by atoms with E-state index in [0.717, 1.165) is 50.5 Å². The zero-order valence-corrected chi connectivity index (χ0v) is 13.3. The Balaban J connectivity index is 1.31. The van der Waals surface area contributed by atoms with Crippen LogP contribution in [0.15, 0.2) is 18.5 Å². The van der Waals surface area contributed by atoms with Crippen molar-refractivity contribution < 1.29 is 4.79 Å². The van der Waals surface area contributed by atoms with Gasteiger partial charge in [-0.3, -0.25) is 9.48 Å². The van der Waals surface area contributed by atoms with Crippen LogP contribution in [0.2, 0.25) is 0 Å². The van der Waals surface area contributed by atoms with Gasteiger partial charge in [-0.15, -0.1) is 10.2 Å². The Bertz CT molecular complexity index is 669. The summed E-state index contributed by atoms with van der Waals surface area (Å²) in [5.74, 6) is 2.95. The summed E-state index contributed by atoms with van der Waals surface area (Å²) < 4.78 is 4.10. The van der Waals surface area contributed by atoms with E-state index in [1.807, 2.05) is 21.8 Å². The van der Waals surface area contributed by atoms with Crippen LogP contribution in [0.25, 0.3) is 0 Å². The molecule has 23 heavy (non-hydrogen) atoms. The van der Waals surface area contributed by atoms with Crippen molar-refractivity contribution in [3.63, 3.8) is 0 Å². The fraction of sp³-hybridized carbons (Fsp3) is 0.625. The molecule has 2 aliphatic rings. The highest BCUT2D eigenvalue weighted by molar-refractivity contribution is 5.76. The van der Waals surface area contributed by atoms with Gasteiger partial charge in [-0.25, -0.2) is 0 Å². The minimum absolute atomic E-state index is 0.227. The lowest BCUT2D eigenvalue weighted by molar-refractivity contribution is -0.132. The molecule has 4 rings (SSSR count). The molecule has 0 aliphatic carbocycles. The van der Waals surface area contributed by atoms with E-state index >= 15 is 0 Å². The standard InChI is InChI=1S/C16H22N6O/c23-15(6-12-21-8-2-7-17-21)20-10-4-13(5-11-20)16-19-18-14-3-1-9-22(14)16/h2,7-8,13H,1,3-6,9-12H2. The van der Waals surface area contributed by atoms with Crippen LogP contribution in [0.3, 0.4) is 0 Å². The van der Waals surface area contributed by atoms with Crippen LogP contribution in [0.5, 0.6) is 0 Å². The first-order chi connectivity index (χ1) is 11.3. The average Bonchev–Trinajstić information content (AvgIpc) is 3.30. The molecule has 7 heteroatoms. The molecule has 1 fully saturated rings. The first kappa shape index (κ1) is 14.4. The van der Waals surface area contributed by atoms with Gasteiger partial charge in [-0.05, 0) is 25.3 Å². The highest BCUT2D eigenvalue weighted by atomic mass is 16.2. The van der Waals surface area contributed by atoms with Gasteiger partial charge >= 0.3 is 0 Å². The summed E-state index contributed by atoms with van der Waals surface area (Å²) in [4.78, 5) is 14.3. The Hall–Kier alpha value is -2.18. The summed E-state index contributed by atoms with van der Waals surface area (Å²) in [6, 6.07) is 1.88. The Labute approximate surface area is 135 Å². The predicted molar refractivity (Wildman–Crippen MR) is 83.7 cm³/mol. The molecule has 0 spiro atoms. The Morgan fingerprint density at radius 1 is 1.22 bits per heavy atom. The van der Waals surface area contributed by atoms with E-state index in [4.69, 9.17) is 0 Å². The molecule has 0 aromatic carbocycles. The molecule has 122 valence electrons. The third kappa shape index (κ3) is 2.87. The molecule has 2 aromatic rings. The molecular weight excluding hydrogens is 292 g/mol. The fourth-order valence-corrected chi connectivity index (χ4v) is 3.66. The van der Waals surface area contributed by atoms with Gasteiger partial charge in [-0.2, -0.15) is 5.10 Å². The maximum Gasteiger partial charge on any atom is 0.224 e. The number of aromatic nitrogens is 5. The molecule has 0 bridgehead atoms. The molecular formula is C16H22N6O. The monoisotopic (exact) mass is 314 g/mol. The summed E-state index contributed by atoms with van der Waals surface area (Å²) in [7, 11) is 0. The summed E-state index contributed by atoms with van der Waals surface area (Å²) in [6.07, 6.45) is 8.38. The Morgan fingerprint density at radius 2 is 2.09 bits per heavy atom. The van der Waals surface area contributed by atoms with Crippen LogP contribution in [0.4, 0.5) is 0 Å². The molecule has 0 N–H and O–H groups in total. The number of hydrogen-bond acceptors (Lipinski definition) is 4. The van der Waals surface area contributed by atoms with Gasteiger partial charge < -0.3 is 9.47 Å². The lowest BCUT2D eigenvalue weighted by Gasteiger charge is -2.31. The summed E-state index contributed by atoms with van der Waals surface area (Å²) >= 11 is 0. The van der Waals surface area contributed by atoms with E-state index in [1.54, 1.807) is 6.20 Å². The lowest BCUT2D eigenvalue weighted by Crippen LogP contribution is -2.38. The molecule has 0 atom stereocenters. The molecule has 0 radical (unpaired) electrons. The van der Waals surface area contributed by atoms with E-state index in [-0.39, 0.29) is 5.91 Å². The van der Waals surface area contributed by atoms with Crippen molar-refractivity contribution in [1.82, 2.24) is 29.4 Å². The van der Waals surface area contributed by atoms with Gasteiger partial charge in [0.05, 0.1) is 0 Å². The van der Waals surface area contributed by atoms with Crippen molar-refractivity contribution >= 4 is 5.91 Å². The molecule has 2 aliphatic heterocycles. The van der Waals surface area contributed by atoms with E-state index < -0.39 is 0 Å². The molecule has 1 amide bonds. The number of amides is 1. The third-order valence-corrected chi connectivity index (χ3v) is 4.96. The highest BCUT2D eigenvalue weighted by Crippen LogP contribution is 2.29. The minimum Gasteiger partial charge on any atom is -0.343 e. The zero-order valence-electron chi connectivity index (χ0n) is 13.3. The summed E-state index contributed by atoms with van der Waals surface area (Å²) in [6.45, 7) is 3.36. The number of carbonyl (C=O) groups is 1. The predicted octanol–water partition coefficient (Wildman–Crippen LogP) is 1.22. The number of carbonyl (C=O) groups excluding carboxylic acids is 1. The molecule has 0 unspecified atom stereocenters. The second-order valence-corrected chi connectivity index (χ2v) is 6.40. The van der Waals surface area contributed by atoms with E-state index in [2.05, 4.69) is 19.9 Å². The minimum atomic E-state index is 0.227. The highest BCUT2D eigenvalue weighted by Gasteiger charge is 2.29. The Kier molecular flexibility index (Phi) is 3.85. The number of aryl methyl sites for hydroxylation is 2. The van der Waals surface area contributed by atoms with Crippen LogP contribution in [-0.4, -0.2) is 48.4 Å². The first-order valence-corrected chi connectivity index (χ1v) is 8.48. The smallest absolute Gasteiger partial charge is 0.224 e. The quantitative estimate of drug-likeness (QED) is 0.851. The van der Waals surface area contributed by atoms with E-state index in [9.17, 15) is 4.79 Å². The number of rotatable bonds is 4. The van der Waals surface area contributed by atoms with Gasteiger partial charge in [0.15, 0.2) is 0 Å². The molecule has 1 saturated heterocycles. The van der Waals surface area contributed by atoms with Gasteiger partial charge in [0.1, 0.15) is 11.6 Å². The van der Waals surface area contributed by atoms with Crippen LogP contribution in [0, 0.1) is 0 Å². The largest absolute Gasteiger partial charge is 0.343 e. The van der Waals surface area contributed by atoms with Crippen molar-refractivity contribution in [2.75, 3.05) is 13.1 Å². The number of nitrogens with zero attached hydrogens (tertiary/aromatic N) is 6. The first-order valence-electron chi connectivity index (χ1n) is 8.48. The molecule has 4 heterocycles. The number of hydrogen-bond donors (Lipinski definition) is 0. The van der Waals surface area contributed by atoms with E-state index in [0.29, 0.717) is 18.9 Å². The maximum absolute atomic E-state index is 12.3. The molecule has 0 saturated carbocycles. The van der Waals surface area contributed by atoms with Crippen LogP contribution < -0.4 is 0 Å². The zero-order chi connectivity index (χ0) is 15.6. The Morgan fingerprint density at radius 3 is 2.87 bits per heavy atom. The van der Waals surface area contributed by atoms with Gasteiger partial charge in [0.25, 0.3) is 0 Å². The number of fused-ring (bicyclic) bond motifs is 1. The summed E-state index contributed by atoms with van der Waals surface area (Å²) in [5, 5.41) is 12.8. The van der Waals surface area contributed by atoms with Crippen molar-refractivity contribution in [2.24, 2.45) is 0 Å². The third-order valence-electron chi connectivity index (χ3n) is 4.96. The average molecular weight is 314 g/mol. The van der Waals surface area contributed by atoms with Gasteiger partial charge in [-0.1, -0.05) is 0 Å². The van der Waals surface area contributed by atoms with Crippen molar-refractivity contribution in [2.45, 2.75) is 51.1 Å². The maximum atomic E-state index is 12.3. The van der Waals surface area contributed by atoms with Gasteiger partial charge in [0, 0.05) is 57.3 Å². The molecule has 2 aromatic heterocycles. The van der Waals surface area contributed by atoms with Crippen LogP contribution in [-0.2, 0) is 24.3 Å². The van der Waals surface area contributed by atoms with Crippen molar-refractivity contribution in [1.29, 1.82) is 0 Å². The number of likely N-dealkylation sites (tertiary alicyclic amines) is 1. The summed E-state index contributed by atoms with van der Waals surface area (Å²) in [5.41, 5.74) is 0. The van der Waals surface area contributed by atoms with E-state index in [1.165, 1.54) is 6.42 Å².